The first kappa shape index (κ1) is 20.0. The highest BCUT2D eigenvalue weighted by atomic mass is 16.5. The van der Waals surface area contributed by atoms with Crippen LogP contribution >= 0.6 is 0 Å². The quantitative estimate of drug-likeness (QED) is 0.709. The highest BCUT2D eigenvalue weighted by Gasteiger charge is 2.43. The first-order valence-electron chi connectivity index (χ1n) is 10.2. The molecule has 1 atom stereocenters. The molecule has 6 heteroatoms. The van der Waals surface area contributed by atoms with Gasteiger partial charge in [-0.25, -0.2) is 4.90 Å². The fourth-order valence-corrected chi connectivity index (χ4v) is 4.26. The number of methoxy groups -OCH3 is 2. The summed E-state index contributed by atoms with van der Waals surface area (Å²) < 4.78 is 10.7. The largest absolute Gasteiger partial charge is 0.497 e. The Labute approximate surface area is 176 Å². The number of piperidine rings is 1. The molecule has 0 bridgehead atoms. The Morgan fingerprint density at radius 1 is 0.933 bits per heavy atom. The van der Waals surface area contributed by atoms with E-state index < -0.39 is 0 Å². The van der Waals surface area contributed by atoms with Gasteiger partial charge in [0.2, 0.25) is 0 Å². The number of ether oxygens (including phenoxy) is 2. The van der Waals surface area contributed by atoms with E-state index in [-0.39, 0.29) is 11.8 Å². The van der Waals surface area contributed by atoms with Gasteiger partial charge in [0.1, 0.15) is 17.2 Å². The van der Waals surface area contributed by atoms with E-state index in [1.165, 1.54) is 4.90 Å². The van der Waals surface area contributed by atoms with E-state index in [9.17, 15) is 9.59 Å². The number of benzene rings is 2. The molecule has 2 aliphatic heterocycles. The van der Waals surface area contributed by atoms with Crippen molar-refractivity contribution in [2.45, 2.75) is 19.8 Å². The summed E-state index contributed by atoms with van der Waals surface area (Å²) >= 11 is 0. The molecule has 6 nitrogen and oxygen atoms in total. The number of imide groups is 1. The second kappa shape index (κ2) is 8.22. The van der Waals surface area contributed by atoms with Gasteiger partial charge in [0.05, 0.1) is 25.5 Å². The van der Waals surface area contributed by atoms with Crippen LogP contribution in [0.2, 0.25) is 0 Å². The summed E-state index contributed by atoms with van der Waals surface area (Å²) in [6, 6.07) is 14.3. The van der Waals surface area contributed by atoms with Crippen LogP contribution in [0, 0.1) is 5.92 Å². The van der Waals surface area contributed by atoms with E-state index in [2.05, 4.69) is 11.8 Å². The lowest BCUT2D eigenvalue weighted by Crippen LogP contribution is -2.39. The predicted octanol–water partition coefficient (Wildman–Crippen LogP) is 3.72. The maximum absolute atomic E-state index is 13.6. The minimum absolute atomic E-state index is 0.292. The molecule has 0 aromatic heterocycles. The smallest absolute Gasteiger partial charge is 0.282 e. The Balaban J connectivity index is 1.83. The molecule has 0 spiro atoms. The molecular weight excluding hydrogens is 380 g/mol. The lowest BCUT2D eigenvalue weighted by molar-refractivity contribution is -0.120. The fraction of sp³-hybridized carbons (Fsp3) is 0.333. The molecule has 1 unspecified atom stereocenters. The summed E-state index contributed by atoms with van der Waals surface area (Å²) in [4.78, 5) is 30.5. The fourth-order valence-electron chi connectivity index (χ4n) is 4.26. The Morgan fingerprint density at radius 2 is 1.67 bits per heavy atom. The first-order valence-corrected chi connectivity index (χ1v) is 10.2. The lowest BCUT2D eigenvalue weighted by atomic mass is 9.97. The number of carbonyl (C=O) groups excluding carboxylic acids is 2. The normalized spacial score (nSPS) is 19.5. The van der Waals surface area contributed by atoms with E-state index in [1.807, 2.05) is 24.3 Å². The Bertz CT molecular complexity index is 997. The molecule has 1 fully saturated rings. The van der Waals surface area contributed by atoms with Gasteiger partial charge in [-0.15, -0.1) is 0 Å². The zero-order valence-electron chi connectivity index (χ0n) is 17.6. The van der Waals surface area contributed by atoms with Crippen LogP contribution in [0.1, 0.15) is 25.3 Å². The maximum atomic E-state index is 13.6. The summed E-state index contributed by atoms with van der Waals surface area (Å²) in [5.74, 6) is 1.08. The van der Waals surface area contributed by atoms with Gasteiger partial charge in [0.15, 0.2) is 0 Å². The maximum Gasteiger partial charge on any atom is 0.282 e. The van der Waals surface area contributed by atoms with Gasteiger partial charge in [0, 0.05) is 18.7 Å². The molecule has 30 heavy (non-hydrogen) atoms. The topological polar surface area (TPSA) is 59.1 Å². The number of hydrogen-bond acceptors (Lipinski definition) is 5. The van der Waals surface area contributed by atoms with E-state index in [0.29, 0.717) is 39.9 Å². The van der Waals surface area contributed by atoms with E-state index in [1.54, 1.807) is 38.5 Å². The average Bonchev–Trinajstić information content (AvgIpc) is 3.03. The number of amides is 2. The standard InChI is InChI=1S/C24H26N2O4/c1-16-7-6-14-25(15-16)22-21(19-8-4-5-9-20(19)30-3)23(27)26(24(22)28)17-10-12-18(29-2)13-11-17/h4-5,8-13,16H,6-7,14-15H2,1-3H3. The van der Waals surface area contributed by atoms with Crippen molar-refractivity contribution in [1.29, 1.82) is 0 Å². The van der Waals surface area contributed by atoms with Crippen LogP contribution in [0.5, 0.6) is 11.5 Å². The van der Waals surface area contributed by atoms with Crippen LogP contribution in [0.25, 0.3) is 5.57 Å². The summed E-state index contributed by atoms with van der Waals surface area (Å²) in [7, 11) is 3.16. The van der Waals surface area contributed by atoms with Crippen molar-refractivity contribution in [2.75, 3.05) is 32.2 Å². The van der Waals surface area contributed by atoms with Crippen LogP contribution in [-0.4, -0.2) is 44.0 Å². The number of para-hydroxylation sites is 1. The molecule has 2 amide bonds. The van der Waals surface area contributed by atoms with Gasteiger partial charge in [-0.2, -0.15) is 0 Å². The molecule has 4 rings (SSSR count). The van der Waals surface area contributed by atoms with Crippen LogP contribution < -0.4 is 14.4 Å². The van der Waals surface area contributed by atoms with Gasteiger partial charge in [-0.3, -0.25) is 9.59 Å². The van der Waals surface area contributed by atoms with Crippen molar-refractivity contribution < 1.29 is 19.1 Å². The van der Waals surface area contributed by atoms with Crippen molar-refractivity contribution in [2.24, 2.45) is 5.92 Å². The molecule has 0 N–H and O–H groups in total. The third kappa shape index (κ3) is 3.43. The Kier molecular flexibility index (Phi) is 5.48. The Hall–Kier alpha value is -3.28. The first-order chi connectivity index (χ1) is 14.5. The SMILES string of the molecule is COc1ccc(N2C(=O)C(c3ccccc3OC)=C(N3CCCC(C)C3)C2=O)cc1. The Morgan fingerprint density at radius 3 is 2.33 bits per heavy atom. The summed E-state index contributed by atoms with van der Waals surface area (Å²) in [5.41, 5.74) is 2.04. The van der Waals surface area contributed by atoms with Gasteiger partial charge < -0.3 is 14.4 Å². The highest BCUT2D eigenvalue weighted by molar-refractivity contribution is 6.45. The molecule has 0 radical (unpaired) electrons. The van der Waals surface area contributed by atoms with Crippen LogP contribution in [-0.2, 0) is 9.59 Å². The van der Waals surface area contributed by atoms with Gasteiger partial charge >= 0.3 is 0 Å². The number of hydrogen-bond donors (Lipinski definition) is 0. The molecule has 156 valence electrons. The van der Waals surface area contributed by atoms with Crippen LogP contribution in [0.4, 0.5) is 5.69 Å². The molecule has 1 saturated heterocycles. The van der Waals surface area contributed by atoms with Crippen molar-refractivity contribution in [3.05, 3.63) is 59.8 Å². The minimum atomic E-state index is -0.331. The van der Waals surface area contributed by atoms with E-state index in [4.69, 9.17) is 9.47 Å². The molecule has 2 aromatic carbocycles. The second-order valence-corrected chi connectivity index (χ2v) is 7.76. The second-order valence-electron chi connectivity index (χ2n) is 7.76. The monoisotopic (exact) mass is 406 g/mol. The van der Waals surface area contributed by atoms with Gasteiger partial charge in [0.25, 0.3) is 11.8 Å². The van der Waals surface area contributed by atoms with Gasteiger partial charge in [-0.05, 0) is 49.1 Å². The van der Waals surface area contributed by atoms with E-state index in [0.717, 1.165) is 25.9 Å². The molecule has 2 aromatic rings. The van der Waals surface area contributed by atoms with Crippen molar-refractivity contribution in [1.82, 2.24) is 4.90 Å². The molecule has 2 aliphatic rings. The number of likely N-dealkylation sites (tertiary alicyclic amines) is 1. The third-order valence-electron chi connectivity index (χ3n) is 5.74. The molecule has 0 saturated carbocycles. The number of carbonyl (C=O) groups is 2. The zero-order chi connectivity index (χ0) is 21.3. The molecular formula is C24H26N2O4. The average molecular weight is 406 g/mol. The third-order valence-corrected chi connectivity index (χ3v) is 5.74. The zero-order valence-corrected chi connectivity index (χ0v) is 17.6. The minimum Gasteiger partial charge on any atom is -0.497 e. The van der Waals surface area contributed by atoms with Crippen LogP contribution in [0.3, 0.4) is 0 Å². The highest BCUT2D eigenvalue weighted by Crippen LogP contribution is 2.39. The summed E-state index contributed by atoms with van der Waals surface area (Å²) in [6.45, 7) is 3.69. The predicted molar refractivity (Wildman–Crippen MR) is 115 cm³/mol. The summed E-state index contributed by atoms with van der Waals surface area (Å²) in [5, 5.41) is 0. The number of rotatable bonds is 5. The van der Waals surface area contributed by atoms with Crippen molar-refractivity contribution in [3.63, 3.8) is 0 Å². The van der Waals surface area contributed by atoms with E-state index >= 15 is 0 Å². The lowest BCUT2D eigenvalue weighted by Gasteiger charge is -2.33. The molecule has 0 aliphatic carbocycles. The number of anilines is 1. The number of nitrogens with zero attached hydrogens (tertiary/aromatic N) is 2. The molecule has 2 heterocycles. The summed E-state index contributed by atoms with van der Waals surface area (Å²) in [6.07, 6.45) is 2.12. The van der Waals surface area contributed by atoms with Crippen molar-refractivity contribution >= 4 is 23.1 Å². The van der Waals surface area contributed by atoms with Gasteiger partial charge in [-0.1, -0.05) is 25.1 Å². The van der Waals surface area contributed by atoms with Crippen molar-refractivity contribution in [3.8, 4) is 11.5 Å². The van der Waals surface area contributed by atoms with Crippen LogP contribution in [0.15, 0.2) is 54.2 Å².